The average Bonchev–Trinajstić information content (AvgIpc) is 2.80. The number of halogens is 2. The van der Waals surface area contributed by atoms with E-state index in [1.807, 2.05) is 0 Å². The van der Waals surface area contributed by atoms with E-state index in [2.05, 4.69) is 4.98 Å². The summed E-state index contributed by atoms with van der Waals surface area (Å²) in [6, 6.07) is 1.28. The Kier molecular flexibility index (Phi) is 5.21. The quantitative estimate of drug-likeness (QED) is 0.691. The molecular weight excluding hydrogens is 395 g/mol. The molecule has 0 bridgehead atoms. The molecule has 146 valence electrons. The molecule has 1 aromatic rings. The SMILES string of the molecule is CC(C)OP1(=S)OCC2(C(F)F)OC(n3ccc(N)nc3=O)C(O)C2O1. The number of aromatic nitrogens is 2. The van der Waals surface area contributed by atoms with E-state index in [1.165, 1.54) is 12.3 Å². The lowest BCUT2D eigenvalue weighted by Gasteiger charge is -2.41. The highest BCUT2D eigenvalue weighted by atomic mass is 32.5. The van der Waals surface area contributed by atoms with Crippen molar-refractivity contribution in [2.75, 3.05) is 12.3 Å². The highest BCUT2D eigenvalue weighted by Gasteiger charge is 2.66. The Morgan fingerprint density at radius 2 is 2.27 bits per heavy atom. The predicted molar refractivity (Wildman–Crippen MR) is 89.1 cm³/mol. The molecule has 9 nitrogen and oxygen atoms in total. The molecule has 2 aliphatic rings. The van der Waals surface area contributed by atoms with Crippen LogP contribution in [0.15, 0.2) is 17.1 Å². The van der Waals surface area contributed by atoms with E-state index in [-0.39, 0.29) is 11.9 Å². The second kappa shape index (κ2) is 6.86. The first kappa shape index (κ1) is 19.7. The summed E-state index contributed by atoms with van der Waals surface area (Å²) in [6.45, 7) is -0.648. The maximum atomic E-state index is 13.8. The van der Waals surface area contributed by atoms with Gasteiger partial charge in [0.15, 0.2) is 11.8 Å². The van der Waals surface area contributed by atoms with Gasteiger partial charge < -0.3 is 24.6 Å². The van der Waals surface area contributed by atoms with E-state index in [9.17, 15) is 18.7 Å². The minimum atomic E-state index is -3.36. The number of fused-ring (bicyclic) bond motifs is 1. The highest BCUT2D eigenvalue weighted by Crippen LogP contribution is 2.61. The summed E-state index contributed by atoms with van der Waals surface area (Å²) >= 11 is 5.18. The maximum absolute atomic E-state index is 13.8. The number of hydrogen-bond acceptors (Lipinski definition) is 9. The van der Waals surface area contributed by atoms with Crippen LogP contribution in [0.2, 0.25) is 0 Å². The Labute approximate surface area is 152 Å². The Balaban J connectivity index is 1.97. The van der Waals surface area contributed by atoms with E-state index in [1.54, 1.807) is 13.8 Å². The zero-order valence-corrected chi connectivity index (χ0v) is 15.5. The van der Waals surface area contributed by atoms with E-state index in [4.69, 9.17) is 35.8 Å². The van der Waals surface area contributed by atoms with Gasteiger partial charge in [0.05, 0.1) is 12.7 Å². The summed E-state index contributed by atoms with van der Waals surface area (Å²) in [7, 11) is 0. The third kappa shape index (κ3) is 3.31. The summed E-state index contributed by atoms with van der Waals surface area (Å²) in [6.07, 6.45) is -6.91. The minimum absolute atomic E-state index is 0.0554. The topological polar surface area (TPSA) is 118 Å². The third-order valence-corrected chi connectivity index (χ3v) is 6.39. The number of aliphatic hydroxyl groups is 1. The van der Waals surface area contributed by atoms with Crippen LogP contribution in [0.1, 0.15) is 20.1 Å². The lowest BCUT2D eigenvalue weighted by molar-refractivity contribution is -0.204. The number of rotatable bonds is 4. The molecule has 0 aliphatic carbocycles. The molecule has 5 atom stereocenters. The molecule has 26 heavy (non-hydrogen) atoms. The van der Waals surface area contributed by atoms with Gasteiger partial charge in [0, 0.05) is 6.20 Å². The van der Waals surface area contributed by atoms with Gasteiger partial charge in [-0.2, -0.15) is 4.98 Å². The van der Waals surface area contributed by atoms with Crippen molar-refractivity contribution >= 4 is 24.3 Å². The molecule has 0 radical (unpaired) electrons. The summed E-state index contributed by atoms with van der Waals surface area (Å²) in [5.41, 5.74) is 2.25. The Morgan fingerprint density at radius 1 is 1.58 bits per heavy atom. The van der Waals surface area contributed by atoms with Crippen LogP contribution in [0.4, 0.5) is 14.6 Å². The van der Waals surface area contributed by atoms with Crippen molar-refractivity contribution in [3.63, 3.8) is 0 Å². The molecule has 3 rings (SSSR count). The Morgan fingerprint density at radius 3 is 2.85 bits per heavy atom. The van der Waals surface area contributed by atoms with Crippen molar-refractivity contribution in [2.45, 2.75) is 50.4 Å². The van der Waals surface area contributed by atoms with Crippen molar-refractivity contribution < 1.29 is 32.2 Å². The van der Waals surface area contributed by atoms with Gasteiger partial charge in [0.1, 0.15) is 18.0 Å². The van der Waals surface area contributed by atoms with Crippen molar-refractivity contribution in [3.8, 4) is 0 Å². The lowest BCUT2D eigenvalue weighted by Crippen LogP contribution is -2.56. The number of nitrogen functional groups attached to an aromatic ring is 1. The predicted octanol–water partition coefficient (Wildman–Crippen LogP) is 0.784. The molecule has 0 amide bonds. The fraction of sp³-hybridized carbons (Fsp3) is 0.692. The number of hydrogen-bond donors (Lipinski definition) is 2. The van der Waals surface area contributed by atoms with Crippen LogP contribution in [0.25, 0.3) is 0 Å². The zero-order valence-electron chi connectivity index (χ0n) is 13.8. The molecule has 3 N–H and O–H groups in total. The van der Waals surface area contributed by atoms with Crippen molar-refractivity contribution in [1.29, 1.82) is 0 Å². The molecule has 2 fully saturated rings. The zero-order chi connectivity index (χ0) is 19.3. The largest absolute Gasteiger partial charge is 0.386 e. The van der Waals surface area contributed by atoms with E-state index in [0.29, 0.717) is 0 Å². The normalized spacial score (nSPS) is 37.3. The van der Waals surface area contributed by atoms with Crippen LogP contribution in [-0.2, 0) is 30.1 Å². The second-order valence-corrected chi connectivity index (χ2v) is 9.11. The molecule has 3 heterocycles. The molecule has 5 unspecified atom stereocenters. The molecule has 2 saturated heterocycles. The summed E-state index contributed by atoms with van der Waals surface area (Å²) in [4.78, 5) is 15.5. The van der Waals surface area contributed by atoms with Gasteiger partial charge in [0.25, 0.3) is 6.43 Å². The van der Waals surface area contributed by atoms with Crippen molar-refractivity contribution in [1.82, 2.24) is 9.55 Å². The Hall–Kier alpha value is -1.01. The monoisotopic (exact) mass is 413 g/mol. The second-order valence-electron chi connectivity index (χ2n) is 6.20. The first-order chi connectivity index (χ1) is 12.1. The van der Waals surface area contributed by atoms with Crippen molar-refractivity contribution in [3.05, 3.63) is 22.7 Å². The molecule has 0 saturated carbocycles. The number of nitrogens with zero attached hydrogens (tertiary/aromatic N) is 2. The molecule has 1 aromatic heterocycles. The number of alkyl halides is 2. The van der Waals surface area contributed by atoms with Crippen molar-refractivity contribution in [2.24, 2.45) is 0 Å². The highest BCUT2D eigenvalue weighted by molar-refractivity contribution is 8.07. The Bertz CT molecular complexity index is 795. The number of nitrogens with two attached hydrogens (primary N) is 1. The lowest BCUT2D eigenvalue weighted by atomic mass is 9.96. The van der Waals surface area contributed by atoms with Crippen LogP contribution in [0, 0.1) is 0 Å². The fourth-order valence-electron chi connectivity index (χ4n) is 2.81. The first-order valence-corrected chi connectivity index (χ1v) is 10.2. The van der Waals surface area contributed by atoms with Crippen LogP contribution in [0.3, 0.4) is 0 Å². The van der Waals surface area contributed by atoms with Gasteiger partial charge in [-0.05, 0) is 31.7 Å². The van der Waals surface area contributed by atoms with E-state index >= 15 is 0 Å². The summed E-state index contributed by atoms with van der Waals surface area (Å²) < 4.78 is 50.1. The maximum Gasteiger partial charge on any atom is 0.351 e. The van der Waals surface area contributed by atoms with Gasteiger partial charge in [-0.25, -0.2) is 13.6 Å². The van der Waals surface area contributed by atoms with E-state index in [0.717, 1.165) is 4.57 Å². The fourth-order valence-corrected chi connectivity index (χ4v) is 5.39. The van der Waals surface area contributed by atoms with Crippen LogP contribution in [0.5, 0.6) is 0 Å². The van der Waals surface area contributed by atoms with Gasteiger partial charge in [-0.15, -0.1) is 0 Å². The number of aliphatic hydroxyl groups excluding tert-OH is 1. The molecule has 0 spiro atoms. The van der Waals surface area contributed by atoms with Gasteiger partial charge in [-0.3, -0.25) is 9.09 Å². The minimum Gasteiger partial charge on any atom is -0.386 e. The molecular formula is C13H18F2N3O6PS. The van der Waals surface area contributed by atoms with Gasteiger partial charge in [-0.1, -0.05) is 0 Å². The van der Waals surface area contributed by atoms with Crippen LogP contribution in [-0.4, -0.2) is 51.6 Å². The van der Waals surface area contributed by atoms with Crippen LogP contribution >= 0.6 is 6.72 Å². The van der Waals surface area contributed by atoms with E-state index < -0.39 is 49.5 Å². The summed E-state index contributed by atoms with van der Waals surface area (Å²) in [5, 5.41) is 10.6. The van der Waals surface area contributed by atoms with Crippen LogP contribution < -0.4 is 11.4 Å². The first-order valence-electron chi connectivity index (χ1n) is 7.68. The standard InChI is InChI=1S/C13H18F2N3O6PS/c1-6(2)23-25(26)21-5-13(11(14)15)9(24-25)8(19)10(22-13)18-4-3-7(16)17-12(18)20/h3-4,6,8-11,19H,5H2,1-2H3,(H2,16,17,20). The number of ether oxygens (including phenoxy) is 1. The molecule has 2 aliphatic heterocycles. The molecule has 13 heteroatoms. The molecule has 0 aromatic carbocycles. The van der Waals surface area contributed by atoms with Gasteiger partial charge in [0.2, 0.25) is 0 Å². The average molecular weight is 413 g/mol. The smallest absolute Gasteiger partial charge is 0.351 e. The summed E-state index contributed by atoms with van der Waals surface area (Å²) in [5.74, 6) is -0.0554. The van der Waals surface area contributed by atoms with Gasteiger partial charge >= 0.3 is 12.4 Å². The third-order valence-electron chi connectivity index (χ3n) is 3.95. The number of anilines is 1.